The number of carbonyl (C=O) groups excluding carboxylic acids is 1. The normalized spacial score (nSPS) is 18.2. The molecule has 1 amide bonds. The topological polar surface area (TPSA) is 64.3 Å². The van der Waals surface area contributed by atoms with Gasteiger partial charge >= 0.3 is 0 Å². The average molecular weight is 353 g/mol. The number of hydrogen-bond donors (Lipinski definition) is 2. The van der Waals surface area contributed by atoms with Crippen LogP contribution in [0.5, 0.6) is 0 Å². The lowest BCUT2D eigenvalue weighted by atomic mass is 10.1. The SMILES string of the molecule is CCN1CCN(c2ccc(NC(=O)c3cc(C4CC4)[nH]n3)c(C)c2)CC1. The molecule has 1 saturated heterocycles. The van der Waals surface area contributed by atoms with Crippen molar-refractivity contribution in [3.05, 3.63) is 41.2 Å². The average Bonchev–Trinajstić information content (AvgIpc) is 3.40. The third-order valence-electron chi connectivity index (χ3n) is 5.49. The third-order valence-corrected chi connectivity index (χ3v) is 5.49. The Balaban J connectivity index is 1.41. The first-order valence-electron chi connectivity index (χ1n) is 9.58. The molecule has 0 radical (unpaired) electrons. The van der Waals surface area contributed by atoms with Gasteiger partial charge in [-0.05, 0) is 56.1 Å². The van der Waals surface area contributed by atoms with E-state index in [0.29, 0.717) is 11.6 Å². The Labute approximate surface area is 154 Å². The number of likely N-dealkylation sites (N-methyl/N-ethyl adjacent to an activating group) is 1. The first kappa shape index (κ1) is 17.1. The molecule has 2 N–H and O–H groups in total. The molecule has 2 aliphatic rings. The summed E-state index contributed by atoms with van der Waals surface area (Å²) in [6.07, 6.45) is 2.38. The maximum absolute atomic E-state index is 12.5. The molecule has 1 aliphatic heterocycles. The molecule has 4 rings (SSSR count). The number of benzene rings is 1. The standard InChI is InChI=1S/C20H27N5O/c1-3-24-8-10-25(11-9-24)16-6-7-17(14(2)12-16)21-20(26)19-13-18(22-23-19)15-4-5-15/h6-7,12-13,15H,3-5,8-11H2,1-2H3,(H,21,26)(H,22,23). The zero-order valence-electron chi connectivity index (χ0n) is 15.6. The number of rotatable bonds is 5. The van der Waals surface area contributed by atoms with Gasteiger partial charge in [-0.2, -0.15) is 5.10 Å². The van der Waals surface area contributed by atoms with E-state index in [1.807, 2.05) is 19.1 Å². The van der Waals surface area contributed by atoms with Crippen molar-refractivity contribution < 1.29 is 4.79 Å². The van der Waals surface area contributed by atoms with Crippen LogP contribution in [0.15, 0.2) is 24.3 Å². The number of carbonyl (C=O) groups is 1. The van der Waals surface area contributed by atoms with Crippen molar-refractivity contribution in [3.63, 3.8) is 0 Å². The highest BCUT2D eigenvalue weighted by Gasteiger charge is 2.26. The smallest absolute Gasteiger partial charge is 0.276 e. The summed E-state index contributed by atoms with van der Waals surface area (Å²) in [6.45, 7) is 9.69. The van der Waals surface area contributed by atoms with Crippen molar-refractivity contribution in [2.24, 2.45) is 0 Å². The van der Waals surface area contributed by atoms with E-state index in [9.17, 15) is 4.79 Å². The minimum Gasteiger partial charge on any atom is -0.369 e. The molecule has 0 atom stereocenters. The molecule has 0 unspecified atom stereocenters. The van der Waals surface area contributed by atoms with Gasteiger partial charge < -0.3 is 15.1 Å². The van der Waals surface area contributed by atoms with Gasteiger partial charge in [0, 0.05) is 49.2 Å². The van der Waals surface area contributed by atoms with E-state index in [1.165, 1.54) is 18.5 Å². The van der Waals surface area contributed by atoms with Crippen LogP contribution in [0, 0.1) is 6.92 Å². The van der Waals surface area contributed by atoms with Gasteiger partial charge in [0.25, 0.3) is 5.91 Å². The molecule has 2 aromatic rings. The molecule has 2 heterocycles. The number of anilines is 2. The van der Waals surface area contributed by atoms with Gasteiger partial charge in [0.15, 0.2) is 5.69 Å². The van der Waals surface area contributed by atoms with Crippen LogP contribution in [0.1, 0.15) is 47.4 Å². The minimum absolute atomic E-state index is 0.152. The second kappa shape index (κ2) is 7.11. The number of hydrogen-bond acceptors (Lipinski definition) is 4. The fourth-order valence-corrected chi connectivity index (χ4v) is 3.55. The van der Waals surface area contributed by atoms with E-state index >= 15 is 0 Å². The van der Waals surface area contributed by atoms with Crippen LogP contribution < -0.4 is 10.2 Å². The van der Waals surface area contributed by atoms with Crippen molar-refractivity contribution in [1.29, 1.82) is 0 Å². The molecule has 1 aliphatic carbocycles. The molecule has 0 bridgehead atoms. The van der Waals surface area contributed by atoms with Crippen LogP contribution in [-0.4, -0.2) is 53.7 Å². The number of aromatic nitrogens is 2. The van der Waals surface area contributed by atoms with Gasteiger partial charge in [-0.15, -0.1) is 0 Å². The van der Waals surface area contributed by atoms with Crippen LogP contribution in [0.4, 0.5) is 11.4 Å². The highest BCUT2D eigenvalue weighted by molar-refractivity contribution is 6.03. The molecular weight excluding hydrogens is 326 g/mol. The first-order chi connectivity index (χ1) is 12.6. The molecule has 1 aromatic carbocycles. The molecule has 1 saturated carbocycles. The quantitative estimate of drug-likeness (QED) is 0.867. The van der Waals surface area contributed by atoms with E-state index in [4.69, 9.17) is 0 Å². The Hall–Kier alpha value is -2.34. The first-order valence-corrected chi connectivity index (χ1v) is 9.58. The van der Waals surface area contributed by atoms with Crippen molar-refractivity contribution in [2.45, 2.75) is 32.6 Å². The van der Waals surface area contributed by atoms with Gasteiger partial charge in [-0.1, -0.05) is 6.92 Å². The van der Waals surface area contributed by atoms with Gasteiger partial charge in [0.1, 0.15) is 0 Å². The summed E-state index contributed by atoms with van der Waals surface area (Å²) in [5, 5.41) is 10.1. The van der Waals surface area contributed by atoms with E-state index in [0.717, 1.165) is 49.7 Å². The lowest BCUT2D eigenvalue weighted by Crippen LogP contribution is -2.46. The zero-order valence-corrected chi connectivity index (χ0v) is 15.6. The predicted octanol–water partition coefficient (Wildman–Crippen LogP) is 2.99. The minimum atomic E-state index is -0.152. The second-order valence-electron chi connectivity index (χ2n) is 7.36. The molecule has 1 aromatic heterocycles. The molecule has 26 heavy (non-hydrogen) atoms. The van der Waals surface area contributed by atoms with Crippen LogP contribution in [0.3, 0.4) is 0 Å². The Morgan fingerprint density at radius 3 is 2.65 bits per heavy atom. The summed E-state index contributed by atoms with van der Waals surface area (Å²) in [6, 6.07) is 8.15. The number of aromatic amines is 1. The third kappa shape index (κ3) is 3.60. The summed E-state index contributed by atoms with van der Waals surface area (Å²) in [5.74, 6) is 0.416. The van der Waals surface area contributed by atoms with Crippen LogP contribution in [0.25, 0.3) is 0 Å². The second-order valence-corrected chi connectivity index (χ2v) is 7.36. The van der Waals surface area contributed by atoms with E-state index in [2.05, 4.69) is 44.4 Å². The monoisotopic (exact) mass is 353 g/mol. The molecule has 6 heteroatoms. The van der Waals surface area contributed by atoms with Crippen molar-refractivity contribution in [2.75, 3.05) is 42.9 Å². The fraction of sp³-hybridized carbons (Fsp3) is 0.500. The Morgan fingerprint density at radius 1 is 1.23 bits per heavy atom. The number of aryl methyl sites for hydroxylation is 1. The van der Waals surface area contributed by atoms with Crippen molar-refractivity contribution in [1.82, 2.24) is 15.1 Å². The van der Waals surface area contributed by atoms with Gasteiger partial charge in [-0.25, -0.2) is 0 Å². The van der Waals surface area contributed by atoms with E-state index in [-0.39, 0.29) is 5.91 Å². The lowest BCUT2D eigenvalue weighted by Gasteiger charge is -2.35. The maximum atomic E-state index is 12.5. The number of nitrogens with zero attached hydrogens (tertiary/aromatic N) is 3. The van der Waals surface area contributed by atoms with Crippen LogP contribution in [-0.2, 0) is 0 Å². The summed E-state index contributed by atoms with van der Waals surface area (Å²) < 4.78 is 0. The van der Waals surface area contributed by atoms with Gasteiger partial charge in [0.2, 0.25) is 0 Å². The number of H-pyrrole nitrogens is 1. The Kier molecular flexibility index (Phi) is 4.68. The van der Waals surface area contributed by atoms with Crippen molar-refractivity contribution in [3.8, 4) is 0 Å². The van der Waals surface area contributed by atoms with E-state index < -0.39 is 0 Å². The zero-order chi connectivity index (χ0) is 18.1. The highest BCUT2D eigenvalue weighted by Crippen LogP contribution is 2.39. The fourth-order valence-electron chi connectivity index (χ4n) is 3.55. The van der Waals surface area contributed by atoms with Crippen LogP contribution >= 0.6 is 0 Å². The number of piperazine rings is 1. The van der Waals surface area contributed by atoms with Crippen molar-refractivity contribution >= 4 is 17.3 Å². The highest BCUT2D eigenvalue weighted by atomic mass is 16.1. The number of amides is 1. The van der Waals surface area contributed by atoms with Crippen LogP contribution in [0.2, 0.25) is 0 Å². The predicted molar refractivity (Wildman–Crippen MR) is 104 cm³/mol. The Morgan fingerprint density at radius 2 is 2.00 bits per heavy atom. The van der Waals surface area contributed by atoms with Gasteiger partial charge in [0.05, 0.1) is 0 Å². The largest absolute Gasteiger partial charge is 0.369 e. The molecule has 6 nitrogen and oxygen atoms in total. The van der Waals surface area contributed by atoms with E-state index in [1.54, 1.807) is 0 Å². The summed E-state index contributed by atoms with van der Waals surface area (Å²) in [4.78, 5) is 17.4. The molecule has 2 fully saturated rings. The Bertz CT molecular complexity index is 787. The molecule has 138 valence electrons. The summed E-state index contributed by atoms with van der Waals surface area (Å²) in [7, 11) is 0. The molecular formula is C20H27N5O. The molecule has 0 spiro atoms. The van der Waals surface area contributed by atoms with Gasteiger partial charge in [-0.3, -0.25) is 9.89 Å². The summed E-state index contributed by atoms with van der Waals surface area (Å²) >= 11 is 0. The lowest BCUT2D eigenvalue weighted by molar-refractivity contribution is 0.102. The number of nitrogens with one attached hydrogen (secondary N) is 2. The maximum Gasteiger partial charge on any atom is 0.276 e. The summed E-state index contributed by atoms with van der Waals surface area (Å²) in [5.41, 5.74) is 4.69.